The molecule has 0 aromatic heterocycles. The van der Waals surface area contributed by atoms with E-state index in [-0.39, 0.29) is 11.3 Å². The van der Waals surface area contributed by atoms with Crippen LogP contribution in [0.15, 0.2) is 146 Å². The van der Waals surface area contributed by atoms with Crippen molar-refractivity contribution in [1.82, 2.24) is 0 Å². The van der Waals surface area contributed by atoms with Crippen LogP contribution in [0.3, 0.4) is 0 Å². The van der Waals surface area contributed by atoms with Gasteiger partial charge in [0.25, 0.3) is 0 Å². The Morgan fingerprint density at radius 1 is 0.486 bits per heavy atom. The maximum absolute atomic E-state index is 14.0. The number of hydrogen-bond acceptors (Lipinski definition) is 3. The average Bonchev–Trinajstić information content (AvgIpc) is 2.94. The van der Waals surface area contributed by atoms with Gasteiger partial charge in [0, 0.05) is 0 Å². The molecule has 0 unspecified atom stereocenters. The van der Waals surface area contributed by atoms with Crippen molar-refractivity contribution in [2.75, 3.05) is 0 Å². The van der Waals surface area contributed by atoms with E-state index in [1.54, 1.807) is 18.2 Å². The Morgan fingerprint density at radius 2 is 0.800 bits per heavy atom. The molecule has 3 nitrogen and oxygen atoms in total. The SMILES string of the molecule is O=C([O][Sb]([c]1ccccc1)([c]1ccccc1)([c]1ccccc1)[c]1ccccc1)c1ccccc1O. The molecule has 0 bridgehead atoms. The molecule has 5 rings (SSSR count). The van der Waals surface area contributed by atoms with Crippen LogP contribution in [0.5, 0.6) is 5.75 Å². The number of phenolic OH excluding ortho intramolecular Hbond substituents is 1. The Labute approximate surface area is 206 Å². The molecule has 0 saturated heterocycles. The van der Waals surface area contributed by atoms with Gasteiger partial charge in [0.05, 0.1) is 0 Å². The Morgan fingerprint density at radius 3 is 1.14 bits per heavy atom. The summed E-state index contributed by atoms with van der Waals surface area (Å²) >= 11 is -5.31. The number of phenols is 1. The zero-order chi connectivity index (χ0) is 24.2. The van der Waals surface area contributed by atoms with Crippen LogP contribution in [0.1, 0.15) is 10.4 Å². The molecule has 0 aliphatic rings. The standard InChI is InChI=1S/C7H6O3.4C6H5.Sb/c8-6-4-2-1-3-5(6)7(9)10;4*1-2-4-6-5-3-1;/h1-4,8H,(H,9,10);4*1-5H;/q;;;;;+1/p-1. The summed E-state index contributed by atoms with van der Waals surface area (Å²) in [6, 6.07) is 46.8. The van der Waals surface area contributed by atoms with Crippen LogP contribution < -0.4 is 14.0 Å². The minimum absolute atomic E-state index is 0.103. The van der Waals surface area contributed by atoms with Gasteiger partial charge in [0.2, 0.25) is 0 Å². The summed E-state index contributed by atoms with van der Waals surface area (Å²) < 4.78 is 10.9. The summed E-state index contributed by atoms with van der Waals surface area (Å²) in [7, 11) is 0. The summed E-state index contributed by atoms with van der Waals surface area (Å²) in [6.07, 6.45) is 0. The third kappa shape index (κ3) is 3.64. The van der Waals surface area contributed by atoms with E-state index in [4.69, 9.17) is 3.02 Å². The van der Waals surface area contributed by atoms with Gasteiger partial charge < -0.3 is 0 Å². The predicted molar refractivity (Wildman–Crippen MR) is 144 cm³/mol. The average molecular weight is 567 g/mol. The zero-order valence-electron chi connectivity index (χ0n) is 19.1. The quantitative estimate of drug-likeness (QED) is 0.315. The fraction of sp³-hybridized carbons (Fsp3) is 0. The molecule has 0 aliphatic heterocycles. The van der Waals surface area contributed by atoms with E-state index in [0.717, 1.165) is 14.0 Å². The van der Waals surface area contributed by atoms with Gasteiger partial charge in [-0.3, -0.25) is 0 Å². The second kappa shape index (κ2) is 9.44. The summed E-state index contributed by atoms with van der Waals surface area (Å²) in [5.74, 6) is -0.654. The second-order valence-corrected chi connectivity index (χ2v) is 20.6. The molecule has 0 aliphatic carbocycles. The van der Waals surface area contributed by atoms with Crippen LogP contribution in [0.25, 0.3) is 0 Å². The minimum atomic E-state index is -5.31. The van der Waals surface area contributed by atoms with E-state index in [1.165, 1.54) is 6.07 Å². The van der Waals surface area contributed by atoms with E-state index in [9.17, 15) is 9.90 Å². The number of carbonyl (C=O) groups is 1. The van der Waals surface area contributed by atoms with E-state index in [2.05, 4.69) is 48.5 Å². The third-order valence-corrected chi connectivity index (χ3v) is 22.6. The first kappa shape index (κ1) is 23.0. The van der Waals surface area contributed by atoms with Crippen LogP contribution in [0, 0.1) is 0 Å². The summed E-state index contributed by atoms with van der Waals surface area (Å²) in [5, 5.41) is 10.6. The molecular weight excluding hydrogens is 542 g/mol. The Balaban J connectivity index is 1.98. The normalized spacial score (nSPS) is 12.3. The first-order valence-electron chi connectivity index (χ1n) is 11.4. The van der Waals surface area contributed by atoms with Crippen molar-refractivity contribution < 1.29 is 12.9 Å². The number of carbonyl (C=O) groups excluding carboxylic acids is 1. The Kier molecular flexibility index (Phi) is 6.19. The Hall–Kier alpha value is -3.81. The maximum atomic E-state index is 14.0. The summed E-state index contributed by atoms with van der Waals surface area (Å²) in [5.41, 5.74) is 0.143. The topological polar surface area (TPSA) is 46.5 Å². The van der Waals surface area contributed by atoms with Crippen LogP contribution >= 0.6 is 0 Å². The van der Waals surface area contributed by atoms with Crippen molar-refractivity contribution in [1.29, 1.82) is 0 Å². The van der Waals surface area contributed by atoms with Crippen molar-refractivity contribution in [3.8, 4) is 5.75 Å². The molecule has 1 N–H and O–H groups in total. The molecule has 5 aromatic rings. The van der Waals surface area contributed by atoms with Crippen LogP contribution in [0.4, 0.5) is 0 Å². The molecule has 0 radical (unpaired) electrons. The van der Waals surface area contributed by atoms with E-state index >= 15 is 0 Å². The summed E-state index contributed by atoms with van der Waals surface area (Å²) in [4.78, 5) is 14.0. The summed E-state index contributed by atoms with van der Waals surface area (Å²) in [6.45, 7) is 0. The van der Waals surface area contributed by atoms with Crippen LogP contribution in [-0.2, 0) is 3.02 Å². The molecule has 172 valence electrons. The monoisotopic (exact) mass is 566 g/mol. The molecule has 0 fully saturated rings. The molecule has 0 amide bonds. The predicted octanol–water partition coefficient (Wildman–Crippen LogP) is 4.08. The van der Waals surface area contributed by atoms with Gasteiger partial charge in [-0.1, -0.05) is 0 Å². The molecular formula is C31H25O3Sb. The van der Waals surface area contributed by atoms with Crippen LogP contribution in [0.2, 0.25) is 0 Å². The van der Waals surface area contributed by atoms with E-state index in [1.807, 2.05) is 72.8 Å². The van der Waals surface area contributed by atoms with Gasteiger partial charge in [-0.2, -0.15) is 0 Å². The van der Waals surface area contributed by atoms with E-state index < -0.39 is 23.8 Å². The number of rotatable bonds is 6. The first-order chi connectivity index (χ1) is 17.2. The van der Waals surface area contributed by atoms with Gasteiger partial charge in [0.15, 0.2) is 0 Å². The van der Waals surface area contributed by atoms with E-state index in [0.29, 0.717) is 0 Å². The number of aromatic hydroxyl groups is 1. The fourth-order valence-corrected chi connectivity index (χ4v) is 20.8. The Bertz CT molecular complexity index is 1270. The van der Waals surface area contributed by atoms with Crippen molar-refractivity contribution in [2.24, 2.45) is 0 Å². The fourth-order valence-electron chi connectivity index (χ4n) is 4.82. The van der Waals surface area contributed by atoms with Crippen molar-refractivity contribution in [2.45, 2.75) is 0 Å². The number of benzene rings is 5. The molecule has 4 heteroatoms. The molecule has 0 atom stereocenters. The van der Waals surface area contributed by atoms with Crippen molar-refractivity contribution in [3.05, 3.63) is 151 Å². The third-order valence-electron chi connectivity index (χ3n) is 6.39. The number of hydrogen-bond donors (Lipinski definition) is 1. The first-order valence-corrected chi connectivity index (χ1v) is 17.6. The van der Waals surface area contributed by atoms with Gasteiger partial charge >= 0.3 is 208 Å². The van der Waals surface area contributed by atoms with Gasteiger partial charge in [-0.15, -0.1) is 0 Å². The molecule has 0 heterocycles. The molecule has 0 spiro atoms. The number of para-hydroxylation sites is 1. The van der Waals surface area contributed by atoms with Crippen molar-refractivity contribution >= 4 is 37.8 Å². The second-order valence-electron chi connectivity index (χ2n) is 8.27. The van der Waals surface area contributed by atoms with Crippen LogP contribution in [-0.4, -0.2) is 28.9 Å². The van der Waals surface area contributed by atoms with Gasteiger partial charge in [-0.05, 0) is 0 Å². The zero-order valence-corrected chi connectivity index (χ0v) is 21.6. The van der Waals surface area contributed by atoms with Gasteiger partial charge in [-0.25, -0.2) is 0 Å². The molecule has 35 heavy (non-hydrogen) atoms. The van der Waals surface area contributed by atoms with Gasteiger partial charge in [0.1, 0.15) is 0 Å². The van der Waals surface area contributed by atoms with Crippen molar-refractivity contribution in [3.63, 3.8) is 0 Å². The molecule has 0 saturated carbocycles. The molecule has 5 aromatic carbocycles.